The Morgan fingerprint density at radius 2 is 0.638 bits per heavy atom. The molecule has 9 aromatic rings. The van der Waals surface area contributed by atoms with Gasteiger partial charge in [-0.15, -0.1) is 0 Å². The number of alkyl halides is 3. The van der Waals surface area contributed by atoms with Gasteiger partial charge < -0.3 is 109 Å². The molecule has 0 radical (unpaired) electrons. The van der Waals surface area contributed by atoms with E-state index in [0.717, 1.165) is 25.5 Å². The van der Waals surface area contributed by atoms with E-state index >= 15 is 0 Å². The number of halogens is 15. The third-order valence-corrected chi connectivity index (χ3v) is 22.6. The number of nitrogens with zero attached hydrogens (tertiary/aromatic N) is 14. The lowest BCUT2D eigenvalue weighted by atomic mass is 9.82. The highest BCUT2D eigenvalue weighted by Crippen LogP contribution is 2.37. The van der Waals surface area contributed by atoms with Crippen LogP contribution in [0.25, 0.3) is 0 Å². The predicted octanol–water partition coefficient (Wildman–Crippen LogP) is 12.2. The predicted molar refractivity (Wildman–Crippen MR) is 451 cm³/mol. The minimum Gasteiger partial charge on any atom is -0.476 e. The first-order valence-electron chi connectivity index (χ1n) is 41.9. The normalized spacial score (nSPS) is 18.5. The summed E-state index contributed by atoms with van der Waals surface area (Å²) in [6.45, 7) is 21.9. The number of carboxylic acid groups (broad SMARTS) is 2. The molecule has 0 saturated carbocycles. The summed E-state index contributed by atoms with van der Waals surface area (Å²) in [5, 5.41) is 28.9. The van der Waals surface area contributed by atoms with Crippen LogP contribution in [0.15, 0.2) is 80.2 Å². The maximum atomic E-state index is 13.4. The van der Waals surface area contributed by atoms with E-state index in [1.807, 2.05) is 48.3 Å². The second-order valence-corrected chi connectivity index (χ2v) is 34.4. The van der Waals surface area contributed by atoms with Gasteiger partial charge in [-0.1, -0.05) is 13.8 Å². The molecule has 37 nitrogen and oxygen atoms in total. The van der Waals surface area contributed by atoms with E-state index in [0.29, 0.717) is 166 Å². The van der Waals surface area contributed by atoms with E-state index in [1.165, 1.54) is 46.5 Å². The molecule has 52 heteroatoms. The Morgan fingerprint density at radius 1 is 0.406 bits per heavy atom. The van der Waals surface area contributed by atoms with Gasteiger partial charge in [0, 0.05) is 164 Å². The third kappa shape index (κ3) is 24.9. The number of urea groups is 4. The van der Waals surface area contributed by atoms with Crippen molar-refractivity contribution in [3.63, 3.8) is 0 Å². The van der Waals surface area contributed by atoms with Crippen molar-refractivity contribution in [2.45, 2.75) is 176 Å². The molecule has 5 aromatic heterocycles. The van der Waals surface area contributed by atoms with E-state index in [-0.39, 0.29) is 118 Å². The number of aromatic carboxylic acids is 1. The van der Waals surface area contributed by atoms with Crippen molar-refractivity contribution in [3.8, 4) is 0 Å². The van der Waals surface area contributed by atoms with Gasteiger partial charge in [-0.3, -0.25) is 9.59 Å². The van der Waals surface area contributed by atoms with Crippen LogP contribution in [0.5, 0.6) is 0 Å². The lowest BCUT2D eigenvalue weighted by Crippen LogP contribution is -2.54. The Hall–Kier alpha value is -14.0. The Labute approximate surface area is 774 Å². The highest BCUT2D eigenvalue weighted by molar-refractivity contribution is 5.98. The number of rotatable bonds is 13. The first-order chi connectivity index (χ1) is 64.8. The zero-order chi connectivity index (χ0) is 101. The molecule has 3 saturated heterocycles. The maximum Gasteiger partial charge on any atom is 0.490 e. The Morgan fingerprint density at radius 3 is 0.870 bits per heavy atom. The molecule has 3 fully saturated rings. The maximum absolute atomic E-state index is 13.4. The number of fused-ring (bicyclic) bond motifs is 5. The van der Waals surface area contributed by atoms with Crippen LogP contribution in [-0.4, -0.2) is 233 Å². The summed E-state index contributed by atoms with van der Waals surface area (Å²) in [5.41, 5.74) is 8.16. The molecule has 138 heavy (non-hydrogen) atoms. The molecule has 0 bridgehead atoms. The zero-order valence-electron chi connectivity index (χ0n) is 75.1. The SMILES string of the molecule is CC1(N)COC1.COC(=O)c1ncn2c1CN(C(=O)Nc1cc(F)c(F)c(F)c1)[C@@H](C)C2.COC(=O)c1ncn2c1CN[C@@H](C)C2.C[C@H]1Cn2cnc(C(=O)CC3(C)COC3)c2CN1C(=O)Nc1cc(F)c(F)c(F)c1.C[C@H]1Cn2cnc(C(=O)CC3(C)COC3)c2CN1C(=O)Nc1cc(F)c(F)c(F)c1.C[C@H]1Cn2cnc(C(=O)O)c2CN1C(=O)Nc1cc(F)c(F)c(F)c1.O=C(O)C(F)(F)F. The zero-order valence-corrected chi connectivity index (χ0v) is 75.1. The van der Waals surface area contributed by atoms with Gasteiger partial charge in [-0.25, -0.2) is 116 Å². The summed E-state index contributed by atoms with van der Waals surface area (Å²) in [6.07, 6.45) is 3.24. The van der Waals surface area contributed by atoms with E-state index in [9.17, 15) is 109 Å². The Kier molecular flexibility index (Phi) is 32.6. The fourth-order valence-electron chi connectivity index (χ4n) is 15.1. The number of esters is 2. The largest absolute Gasteiger partial charge is 0.490 e. The molecule has 0 unspecified atom stereocenters. The first kappa shape index (κ1) is 104. The van der Waals surface area contributed by atoms with Gasteiger partial charge in [0.15, 0.2) is 98.5 Å². The van der Waals surface area contributed by atoms with E-state index in [1.54, 1.807) is 42.0 Å². The number of ether oxygens (including phenoxy) is 5. The summed E-state index contributed by atoms with van der Waals surface area (Å²) < 4.78 is 224. The minimum absolute atomic E-state index is 0. The van der Waals surface area contributed by atoms with Gasteiger partial charge in [0.2, 0.25) is 0 Å². The Bertz CT molecular complexity index is 5860. The molecule has 13 heterocycles. The number of anilines is 4. The standard InChI is InChI=1S/2C20H21F3N4O3.C16H15F3N4O3.C15H13F3N4O3.C9H13N3O2.C4H9NO.C2HF3O2/c2*1-11-6-26-10-24-18(16(28)5-20(2)8-30-9-20)15(26)7-27(11)19(29)25-12-3-13(21)17(23)14(22)4-12;1-8-5-22-7-20-14(15(24)26-2)12(22)6-23(8)16(25)21-9-3-10(17)13(19)11(18)4-9;1-7-4-21-6-19-13(14(23)24)11(21)5-22(7)15(25)20-8-2-9(16)12(18)10(17)3-8;1-6-4-12-5-11-8(9(13)14-2)7(12)3-10-6;1-4(5)2-6-3-4;3-2(4,5)1(6)7/h2*3-4,10-11H,5-9H2,1-2H3,(H,25,29);3-4,7-8H,5-6H2,1-2H3,(H,21,25);2-3,6-7H,4-5H2,1H3,(H,20,25)(H,23,24);5-6,10H,3-4H2,1-2H3;2-3,5H2,1H3;(H,6,7)/t2*11-;8-;7-;6-;;/m00000../s1. The fraction of sp³-hybridized carbons (Fsp3) is 0.430. The topological polar surface area (TPSA) is 446 Å². The molecule has 8 aliphatic heterocycles. The summed E-state index contributed by atoms with van der Waals surface area (Å²) in [6, 6.07) is 2.29. The van der Waals surface area contributed by atoms with Crippen LogP contribution in [-0.2, 0) is 93.9 Å². The van der Waals surface area contributed by atoms with Crippen molar-refractivity contribution >= 4 is 82.3 Å². The number of aliphatic carboxylic acids is 1. The van der Waals surface area contributed by atoms with E-state index in [4.69, 9.17) is 35.0 Å². The second kappa shape index (κ2) is 43.1. The average Bonchev–Trinajstić information content (AvgIpc) is 1.61. The van der Waals surface area contributed by atoms with Crippen molar-refractivity contribution in [1.82, 2.24) is 72.7 Å². The number of imidazole rings is 5. The molecule has 0 aliphatic carbocycles. The number of carbonyl (C=O) groups excluding carboxylic acids is 8. The number of carbonyl (C=O) groups is 10. The lowest BCUT2D eigenvalue weighted by molar-refractivity contribution is -0.192. The van der Waals surface area contributed by atoms with Crippen molar-refractivity contribution in [1.29, 1.82) is 0 Å². The number of carboxylic acids is 2. The van der Waals surface area contributed by atoms with Gasteiger partial charge in [0.1, 0.15) is 11.4 Å². The molecular weight excluding hydrogens is 1870 g/mol. The van der Waals surface area contributed by atoms with Gasteiger partial charge >= 0.3 is 54.2 Å². The van der Waals surface area contributed by atoms with Crippen molar-refractivity contribution in [2.75, 3.05) is 75.1 Å². The van der Waals surface area contributed by atoms with Crippen LogP contribution < -0.4 is 32.3 Å². The van der Waals surface area contributed by atoms with Crippen molar-refractivity contribution < 1.29 is 148 Å². The number of hydrogen-bond acceptors (Lipinski definition) is 22. The molecule has 8 aliphatic rings. The quantitative estimate of drug-likeness (QED) is 0.0230. The summed E-state index contributed by atoms with van der Waals surface area (Å²) in [5.74, 6) is -22.9. The summed E-state index contributed by atoms with van der Waals surface area (Å²) in [7, 11) is 2.59. The number of Topliss-reactive ketones (excluding diaryl/α,β-unsaturated/α-hetero) is 2. The molecule has 8 amide bonds. The monoisotopic (exact) mass is 1960 g/mol. The molecule has 744 valence electrons. The lowest BCUT2D eigenvalue weighted by Gasteiger charge is -2.37. The number of ketones is 2. The van der Waals surface area contributed by atoms with Crippen LogP contribution >= 0.6 is 0 Å². The number of aromatic nitrogens is 10. The second-order valence-electron chi connectivity index (χ2n) is 34.4. The highest BCUT2D eigenvalue weighted by atomic mass is 19.4. The van der Waals surface area contributed by atoms with Crippen molar-refractivity contribution in [2.24, 2.45) is 16.6 Å². The highest BCUT2D eigenvalue weighted by Gasteiger charge is 2.43. The van der Waals surface area contributed by atoms with Gasteiger partial charge in [-0.2, -0.15) is 13.2 Å². The number of hydrogen-bond donors (Lipinski definition) is 8. The van der Waals surface area contributed by atoms with Gasteiger partial charge in [0.25, 0.3) is 0 Å². The molecule has 4 aromatic carbocycles. The number of methoxy groups -OCH3 is 2. The number of amides is 8. The third-order valence-electron chi connectivity index (χ3n) is 22.6. The summed E-state index contributed by atoms with van der Waals surface area (Å²) in [4.78, 5) is 145. The molecule has 5 atom stereocenters. The summed E-state index contributed by atoms with van der Waals surface area (Å²) >= 11 is 0. The Balaban J connectivity index is 0.000000162. The molecule has 9 N–H and O–H groups in total. The van der Waals surface area contributed by atoms with Crippen LogP contribution in [0, 0.1) is 80.6 Å². The van der Waals surface area contributed by atoms with Crippen LogP contribution in [0.4, 0.5) is 108 Å². The first-order valence-corrected chi connectivity index (χ1v) is 41.9. The number of benzene rings is 4. The van der Waals surface area contributed by atoms with Crippen LogP contribution in [0.3, 0.4) is 0 Å². The van der Waals surface area contributed by atoms with Crippen LogP contribution in [0.1, 0.15) is 149 Å². The number of nitrogens with one attached hydrogen (secondary N) is 5. The molecule has 0 spiro atoms. The minimum atomic E-state index is -5.08. The van der Waals surface area contributed by atoms with E-state index in [2.05, 4.69) is 67.9 Å². The average molecular weight is 1960 g/mol. The van der Waals surface area contributed by atoms with Crippen LogP contribution in [0.2, 0.25) is 0 Å². The van der Waals surface area contributed by atoms with Gasteiger partial charge in [0.05, 0.1) is 146 Å². The smallest absolute Gasteiger partial charge is 0.476 e. The number of nitrogens with two attached hydrogens (primary N) is 1. The van der Waals surface area contributed by atoms with Crippen molar-refractivity contribution in [3.05, 3.63) is 207 Å². The van der Waals surface area contributed by atoms with Gasteiger partial charge in [-0.05, 0) is 41.5 Å². The molecule has 17 rings (SSSR count). The van der Waals surface area contributed by atoms with E-state index < -0.39 is 118 Å². The molecular formula is C86H93F15N20O17. The fourth-order valence-corrected chi connectivity index (χ4v) is 15.1.